The Labute approximate surface area is 205 Å². The van der Waals surface area contributed by atoms with E-state index in [-0.39, 0.29) is 19.5 Å². The van der Waals surface area contributed by atoms with Crippen LogP contribution in [0.5, 0.6) is 0 Å². The van der Waals surface area contributed by atoms with Crippen molar-refractivity contribution in [3.05, 3.63) is 99.6 Å². The Morgan fingerprint density at radius 2 is 1.63 bits per heavy atom. The number of halogens is 4. The first-order chi connectivity index (χ1) is 16.8. The second-order valence-electron chi connectivity index (χ2n) is 8.22. The van der Waals surface area contributed by atoms with Crippen molar-refractivity contribution in [1.82, 2.24) is 4.90 Å². The summed E-state index contributed by atoms with van der Waals surface area (Å²) in [6, 6.07) is 20.4. The molecule has 1 aliphatic rings. The smallest absolute Gasteiger partial charge is 0.410 e. The fourth-order valence-electron chi connectivity index (χ4n) is 4.22. The number of nitrogens with zero attached hydrogens (tertiary/aromatic N) is 2. The van der Waals surface area contributed by atoms with Crippen molar-refractivity contribution in [3.63, 3.8) is 0 Å². The minimum Gasteiger partial charge on any atom is -0.410 e. The lowest BCUT2D eigenvalue weighted by Gasteiger charge is -2.21. The molecule has 9 heteroatoms. The molecule has 3 aromatic carbocycles. The number of anilines is 1. The highest BCUT2D eigenvalue weighted by Gasteiger charge is 2.42. The molecule has 0 saturated heterocycles. The SMILES string of the molecule is O=C(N1CCc2ccc(Cl)c(NCc3ccc(/C(=N/O)c4ccccc4)cc3)c2CC1)C(F)(F)F. The van der Waals surface area contributed by atoms with Crippen LogP contribution in [0.25, 0.3) is 0 Å². The van der Waals surface area contributed by atoms with Gasteiger partial charge in [0.05, 0.1) is 10.7 Å². The first-order valence-corrected chi connectivity index (χ1v) is 11.4. The van der Waals surface area contributed by atoms with Gasteiger partial charge in [0.1, 0.15) is 5.71 Å². The molecule has 0 aromatic heterocycles. The van der Waals surface area contributed by atoms with E-state index < -0.39 is 12.1 Å². The van der Waals surface area contributed by atoms with Gasteiger partial charge in [-0.2, -0.15) is 13.2 Å². The van der Waals surface area contributed by atoms with E-state index in [4.69, 9.17) is 11.6 Å². The van der Waals surface area contributed by atoms with Gasteiger partial charge in [0.15, 0.2) is 0 Å². The molecular formula is C26H23ClF3N3O2. The summed E-state index contributed by atoms with van der Waals surface area (Å²) in [7, 11) is 0. The van der Waals surface area contributed by atoms with E-state index in [1.165, 1.54) is 0 Å². The maximum absolute atomic E-state index is 12.9. The van der Waals surface area contributed by atoms with E-state index in [1.54, 1.807) is 12.1 Å². The fourth-order valence-corrected chi connectivity index (χ4v) is 4.46. The Morgan fingerprint density at radius 1 is 0.971 bits per heavy atom. The molecule has 3 aromatic rings. The number of fused-ring (bicyclic) bond motifs is 1. The lowest BCUT2D eigenvalue weighted by molar-refractivity contribution is -0.185. The van der Waals surface area contributed by atoms with Gasteiger partial charge in [0.25, 0.3) is 0 Å². The van der Waals surface area contributed by atoms with Gasteiger partial charge in [-0.1, -0.05) is 77.4 Å². The maximum Gasteiger partial charge on any atom is 0.471 e. The van der Waals surface area contributed by atoms with E-state index in [0.717, 1.165) is 32.7 Å². The standard InChI is InChI=1S/C26H23ClF3N3O2/c27-22-11-10-18-12-14-33(25(34)26(28,29)30)15-13-21(18)24(22)31-16-17-6-8-20(9-7-17)23(32-35)19-4-2-1-3-5-19/h1-11,31,35H,12-16H2/b32-23+. The quantitative estimate of drug-likeness (QED) is 0.269. The van der Waals surface area contributed by atoms with Crippen molar-refractivity contribution in [1.29, 1.82) is 0 Å². The fraction of sp³-hybridized carbons (Fsp3) is 0.231. The molecule has 182 valence electrons. The predicted molar refractivity (Wildman–Crippen MR) is 129 cm³/mol. The predicted octanol–water partition coefficient (Wildman–Crippen LogP) is 5.67. The van der Waals surface area contributed by atoms with Crippen molar-refractivity contribution in [3.8, 4) is 0 Å². The highest BCUT2D eigenvalue weighted by molar-refractivity contribution is 6.33. The van der Waals surface area contributed by atoms with Crippen LogP contribution < -0.4 is 5.32 Å². The molecule has 35 heavy (non-hydrogen) atoms. The molecular weight excluding hydrogens is 479 g/mol. The molecule has 1 aliphatic heterocycles. The molecule has 0 radical (unpaired) electrons. The van der Waals surface area contributed by atoms with Crippen molar-refractivity contribution in [2.45, 2.75) is 25.6 Å². The average molecular weight is 502 g/mol. The summed E-state index contributed by atoms with van der Waals surface area (Å²) < 4.78 is 38.7. The molecule has 0 spiro atoms. The topological polar surface area (TPSA) is 64.9 Å². The Bertz CT molecular complexity index is 1230. The van der Waals surface area contributed by atoms with Gasteiger partial charge >= 0.3 is 12.1 Å². The van der Waals surface area contributed by atoms with Gasteiger partial charge in [-0.3, -0.25) is 4.79 Å². The van der Waals surface area contributed by atoms with Crippen LogP contribution in [-0.2, 0) is 24.2 Å². The van der Waals surface area contributed by atoms with E-state index in [1.807, 2.05) is 54.6 Å². The number of nitrogens with one attached hydrogen (secondary N) is 1. The third-order valence-corrected chi connectivity index (χ3v) is 6.33. The first-order valence-electron chi connectivity index (χ1n) is 11.0. The van der Waals surface area contributed by atoms with Crippen molar-refractivity contribution in [2.75, 3.05) is 18.4 Å². The van der Waals surface area contributed by atoms with Crippen molar-refractivity contribution >= 4 is 28.9 Å². The zero-order valence-corrected chi connectivity index (χ0v) is 19.4. The van der Waals surface area contributed by atoms with Gasteiger partial charge in [-0.25, -0.2) is 0 Å². The van der Waals surface area contributed by atoms with Crippen LogP contribution in [0.2, 0.25) is 5.02 Å². The number of amides is 1. The van der Waals surface area contributed by atoms with E-state index in [2.05, 4.69) is 10.5 Å². The van der Waals surface area contributed by atoms with Crippen LogP contribution in [0.3, 0.4) is 0 Å². The minimum absolute atomic E-state index is 0.00400. The summed E-state index contributed by atoms with van der Waals surface area (Å²) >= 11 is 6.44. The zero-order valence-electron chi connectivity index (χ0n) is 18.6. The third kappa shape index (κ3) is 5.59. The molecule has 2 N–H and O–H groups in total. The van der Waals surface area contributed by atoms with Crippen molar-refractivity contribution < 1.29 is 23.2 Å². The summed E-state index contributed by atoms with van der Waals surface area (Å²) in [4.78, 5) is 12.6. The lowest BCUT2D eigenvalue weighted by Crippen LogP contribution is -2.42. The van der Waals surface area contributed by atoms with Gasteiger partial charge < -0.3 is 15.4 Å². The molecule has 1 heterocycles. The summed E-state index contributed by atoms with van der Waals surface area (Å²) in [5, 5.41) is 16.7. The largest absolute Gasteiger partial charge is 0.471 e. The Morgan fingerprint density at radius 3 is 2.29 bits per heavy atom. The second-order valence-corrected chi connectivity index (χ2v) is 8.62. The van der Waals surface area contributed by atoms with Crippen molar-refractivity contribution in [2.24, 2.45) is 5.16 Å². The third-order valence-electron chi connectivity index (χ3n) is 6.02. The monoisotopic (exact) mass is 501 g/mol. The molecule has 4 rings (SSSR count). The van der Waals surface area contributed by atoms with E-state index in [0.29, 0.717) is 29.4 Å². The summed E-state index contributed by atoms with van der Waals surface area (Å²) in [6.45, 7) is 0.403. The Hall–Kier alpha value is -3.52. The van der Waals surface area contributed by atoms with Gasteiger partial charge in [-0.05, 0) is 35.6 Å². The zero-order chi connectivity index (χ0) is 25.0. The van der Waals surface area contributed by atoms with Crippen LogP contribution in [-0.4, -0.2) is 41.0 Å². The maximum atomic E-state index is 12.9. The highest BCUT2D eigenvalue weighted by Crippen LogP contribution is 2.33. The summed E-state index contributed by atoms with van der Waals surface area (Å²) in [6.07, 6.45) is -4.30. The normalized spacial score (nSPS) is 14.3. The highest BCUT2D eigenvalue weighted by atomic mass is 35.5. The van der Waals surface area contributed by atoms with Gasteiger partial charge in [0.2, 0.25) is 0 Å². The summed E-state index contributed by atoms with van der Waals surface area (Å²) in [5.74, 6) is -1.81. The molecule has 0 atom stereocenters. The number of benzene rings is 3. The van der Waals surface area contributed by atoms with Gasteiger partial charge in [0, 0.05) is 30.8 Å². The van der Waals surface area contributed by atoms with Crippen LogP contribution >= 0.6 is 11.6 Å². The molecule has 0 fully saturated rings. The average Bonchev–Trinajstić information content (AvgIpc) is 3.07. The van der Waals surface area contributed by atoms with E-state index >= 15 is 0 Å². The molecule has 0 unspecified atom stereocenters. The second kappa shape index (κ2) is 10.4. The van der Waals surface area contributed by atoms with Crippen LogP contribution in [0.4, 0.5) is 18.9 Å². The summed E-state index contributed by atoms with van der Waals surface area (Å²) in [5.41, 5.74) is 5.30. The molecule has 5 nitrogen and oxygen atoms in total. The lowest BCUT2D eigenvalue weighted by atomic mass is 10.00. The molecule has 0 bridgehead atoms. The number of rotatable bonds is 5. The van der Waals surface area contributed by atoms with Crippen LogP contribution in [0.15, 0.2) is 71.9 Å². The molecule has 0 aliphatic carbocycles. The number of hydrogen-bond acceptors (Lipinski definition) is 4. The number of carbonyl (C=O) groups is 1. The van der Waals surface area contributed by atoms with Crippen LogP contribution in [0.1, 0.15) is 27.8 Å². The van der Waals surface area contributed by atoms with Gasteiger partial charge in [-0.15, -0.1) is 0 Å². The minimum atomic E-state index is -4.89. The Balaban J connectivity index is 1.48. The number of hydrogen-bond donors (Lipinski definition) is 2. The molecule has 0 saturated carbocycles. The van der Waals surface area contributed by atoms with Crippen LogP contribution in [0, 0.1) is 0 Å². The molecule has 1 amide bonds. The number of alkyl halides is 3. The van der Waals surface area contributed by atoms with E-state index in [9.17, 15) is 23.2 Å². The number of carbonyl (C=O) groups excluding carboxylic acids is 1. The number of oxime groups is 1. The first kappa shape index (κ1) is 24.6. The Kier molecular flexibility index (Phi) is 7.31.